The number of rotatable bonds is 2. The van der Waals surface area contributed by atoms with E-state index in [0.717, 1.165) is 37.7 Å². The summed E-state index contributed by atoms with van der Waals surface area (Å²) in [4.78, 5) is 6.61. The van der Waals surface area contributed by atoms with Gasteiger partial charge >= 0.3 is 0 Å². The fourth-order valence-corrected chi connectivity index (χ4v) is 2.29. The molecular weight excluding hydrogens is 202 g/mol. The molecule has 1 aromatic heterocycles. The van der Waals surface area contributed by atoms with E-state index in [-0.39, 0.29) is 5.41 Å². The van der Waals surface area contributed by atoms with E-state index in [1.807, 2.05) is 6.92 Å². The Morgan fingerprint density at radius 1 is 1.62 bits per heavy atom. The van der Waals surface area contributed by atoms with E-state index in [9.17, 15) is 0 Å². The second-order valence-corrected chi connectivity index (χ2v) is 5.46. The summed E-state index contributed by atoms with van der Waals surface area (Å²) < 4.78 is 5.50. The topological polar surface area (TPSA) is 55.3 Å². The maximum Gasteiger partial charge on any atom is 0.208 e. The van der Waals surface area contributed by atoms with E-state index < -0.39 is 0 Å². The SMILES string of the molecule is Cc1cnc(CN2CCC(N)C(C)(C)C2)o1. The average Bonchev–Trinajstić information content (AvgIpc) is 2.57. The second-order valence-electron chi connectivity index (χ2n) is 5.46. The molecule has 2 heterocycles. The number of nitrogens with two attached hydrogens (primary N) is 1. The summed E-state index contributed by atoms with van der Waals surface area (Å²) in [6.45, 7) is 9.22. The summed E-state index contributed by atoms with van der Waals surface area (Å²) in [5, 5.41) is 0. The normalized spacial score (nSPS) is 25.9. The van der Waals surface area contributed by atoms with Gasteiger partial charge in [0.1, 0.15) is 5.76 Å². The van der Waals surface area contributed by atoms with Crippen molar-refractivity contribution in [1.29, 1.82) is 0 Å². The van der Waals surface area contributed by atoms with Crippen molar-refractivity contribution in [3.8, 4) is 0 Å². The number of likely N-dealkylation sites (tertiary alicyclic amines) is 1. The van der Waals surface area contributed by atoms with Gasteiger partial charge in [-0.2, -0.15) is 0 Å². The van der Waals surface area contributed by atoms with Crippen LogP contribution in [0.3, 0.4) is 0 Å². The first-order valence-corrected chi connectivity index (χ1v) is 5.86. The fraction of sp³-hybridized carbons (Fsp3) is 0.750. The summed E-state index contributed by atoms with van der Waals surface area (Å²) in [7, 11) is 0. The van der Waals surface area contributed by atoms with Gasteiger partial charge in [0, 0.05) is 19.1 Å². The van der Waals surface area contributed by atoms with Gasteiger partial charge in [0.2, 0.25) is 5.89 Å². The number of nitrogens with zero attached hydrogens (tertiary/aromatic N) is 2. The largest absolute Gasteiger partial charge is 0.445 e. The van der Waals surface area contributed by atoms with E-state index in [0.29, 0.717) is 6.04 Å². The number of oxazole rings is 1. The predicted octanol–water partition coefficient (Wildman–Crippen LogP) is 1.54. The molecule has 16 heavy (non-hydrogen) atoms. The molecule has 0 amide bonds. The lowest BCUT2D eigenvalue weighted by molar-refractivity contribution is 0.0828. The van der Waals surface area contributed by atoms with E-state index >= 15 is 0 Å². The van der Waals surface area contributed by atoms with Gasteiger partial charge in [-0.15, -0.1) is 0 Å². The highest BCUT2D eigenvalue weighted by molar-refractivity contribution is 4.94. The molecule has 1 unspecified atom stereocenters. The first-order chi connectivity index (χ1) is 7.47. The summed E-state index contributed by atoms with van der Waals surface area (Å²) in [6, 6.07) is 0.301. The minimum Gasteiger partial charge on any atom is -0.445 e. The van der Waals surface area contributed by atoms with Gasteiger partial charge in [0.15, 0.2) is 0 Å². The van der Waals surface area contributed by atoms with Crippen molar-refractivity contribution < 1.29 is 4.42 Å². The molecule has 0 bridgehead atoms. The van der Waals surface area contributed by atoms with Crippen LogP contribution < -0.4 is 5.73 Å². The minimum absolute atomic E-state index is 0.180. The van der Waals surface area contributed by atoms with Crippen molar-refractivity contribution in [3.63, 3.8) is 0 Å². The molecule has 0 aromatic carbocycles. The van der Waals surface area contributed by atoms with E-state index in [4.69, 9.17) is 10.2 Å². The van der Waals surface area contributed by atoms with E-state index in [1.54, 1.807) is 6.20 Å². The molecular formula is C12H21N3O. The van der Waals surface area contributed by atoms with Crippen molar-refractivity contribution in [3.05, 3.63) is 17.8 Å². The first-order valence-electron chi connectivity index (χ1n) is 5.86. The Bertz CT molecular complexity index is 359. The van der Waals surface area contributed by atoms with Crippen LogP contribution in [0.25, 0.3) is 0 Å². The molecule has 0 spiro atoms. The number of aromatic nitrogens is 1. The third kappa shape index (κ3) is 2.44. The van der Waals surface area contributed by atoms with Crippen molar-refractivity contribution in [2.45, 2.75) is 39.8 Å². The standard InChI is InChI=1S/C12H21N3O/c1-9-6-14-11(16-9)7-15-5-4-10(13)12(2,3)8-15/h6,10H,4-5,7-8,13H2,1-3H3. The lowest BCUT2D eigenvalue weighted by atomic mass is 9.80. The van der Waals surface area contributed by atoms with Gasteiger partial charge < -0.3 is 10.2 Å². The van der Waals surface area contributed by atoms with Gasteiger partial charge in [-0.05, 0) is 18.8 Å². The monoisotopic (exact) mass is 223 g/mol. The Hall–Kier alpha value is -0.870. The quantitative estimate of drug-likeness (QED) is 0.826. The van der Waals surface area contributed by atoms with Crippen LogP contribution >= 0.6 is 0 Å². The number of hydrogen-bond donors (Lipinski definition) is 1. The Morgan fingerprint density at radius 3 is 2.94 bits per heavy atom. The number of piperidine rings is 1. The second kappa shape index (κ2) is 4.18. The van der Waals surface area contributed by atoms with Crippen LogP contribution in [0.1, 0.15) is 31.9 Å². The lowest BCUT2D eigenvalue weighted by Gasteiger charge is -2.42. The summed E-state index contributed by atoms with van der Waals surface area (Å²) >= 11 is 0. The van der Waals surface area contributed by atoms with Crippen LogP contribution in [0.15, 0.2) is 10.6 Å². The summed E-state index contributed by atoms with van der Waals surface area (Å²) in [6.07, 6.45) is 2.82. The Balaban J connectivity index is 1.97. The molecule has 4 nitrogen and oxygen atoms in total. The third-order valence-electron chi connectivity index (χ3n) is 3.42. The highest BCUT2D eigenvalue weighted by Gasteiger charge is 2.33. The van der Waals surface area contributed by atoms with Crippen molar-refractivity contribution in [1.82, 2.24) is 9.88 Å². The van der Waals surface area contributed by atoms with Crippen molar-refractivity contribution in [2.24, 2.45) is 11.1 Å². The van der Waals surface area contributed by atoms with Gasteiger partial charge in [0.25, 0.3) is 0 Å². The van der Waals surface area contributed by atoms with E-state index in [2.05, 4.69) is 23.7 Å². The average molecular weight is 223 g/mol. The molecule has 1 fully saturated rings. The van der Waals surface area contributed by atoms with Gasteiger partial charge in [0.05, 0.1) is 12.7 Å². The molecule has 1 aliphatic rings. The number of hydrogen-bond acceptors (Lipinski definition) is 4. The fourth-order valence-electron chi connectivity index (χ4n) is 2.29. The van der Waals surface area contributed by atoms with Crippen LogP contribution in [-0.4, -0.2) is 29.0 Å². The molecule has 4 heteroatoms. The lowest BCUT2D eigenvalue weighted by Crippen LogP contribution is -2.52. The van der Waals surface area contributed by atoms with Crippen LogP contribution in [0.2, 0.25) is 0 Å². The highest BCUT2D eigenvalue weighted by atomic mass is 16.4. The molecule has 1 aliphatic heterocycles. The van der Waals surface area contributed by atoms with Gasteiger partial charge in [-0.25, -0.2) is 4.98 Å². The molecule has 90 valence electrons. The highest BCUT2D eigenvalue weighted by Crippen LogP contribution is 2.28. The van der Waals surface area contributed by atoms with Crippen LogP contribution in [0.4, 0.5) is 0 Å². The zero-order chi connectivity index (χ0) is 11.8. The van der Waals surface area contributed by atoms with Gasteiger partial charge in [-0.1, -0.05) is 13.8 Å². The van der Waals surface area contributed by atoms with Crippen LogP contribution in [0, 0.1) is 12.3 Å². The third-order valence-corrected chi connectivity index (χ3v) is 3.42. The predicted molar refractivity (Wildman–Crippen MR) is 62.9 cm³/mol. The molecule has 0 aliphatic carbocycles. The Morgan fingerprint density at radius 2 is 2.38 bits per heavy atom. The molecule has 0 radical (unpaired) electrons. The minimum atomic E-state index is 0.180. The smallest absolute Gasteiger partial charge is 0.208 e. The molecule has 0 saturated carbocycles. The molecule has 1 aromatic rings. The summed E-state index contributed by atoms with van der Waals surface area (Å²) in [5.74, 6) is 1.69. The van der Waals surface area contributed by atoms with Crippen molar-refractivity contribution >= 4 is 0 Å². The molecule has 1 atom stereocenters. The summed E-state index contributed by atoms with van der Waals surface area (Å²) in [5.41, 5.74) is 6.29. The molecule has 1 saturated heterocycles. The first kappa shape index (κ1) is 11.6. The molecule has 2 N–H and O–H groups in total. The van der Waals surface area contributed by atoms with Crippen molar-refractivity contribution in [2.75, 3.05) is 13.1 Å². The van der Waals surface area contributed by atoms with Crippen LogP contribution in [0.5, 0.6) is 0 Å². The zero-order valence-electron chi connectivity index (χ0n) is 10.4. The zero-order valence-corrected chi connectivity index (χ0v) is 10.4. The maximum absolute atomic E-state index is 6.11. The van der Waals surface area contributed by atoms with Crippen LogP contribution in [-0.2, 0) is 6.54 Å². The van der Waals surface area contributed by atoms with Gasteiger partial charge in [-0.3, -0.25) is 4.90 Å². The Kier molecular flexibility index (Phi) is 3.04. The number of aryl methyl sites for hydroxylation is 1. The maximum atomic E-state index is 6.11. The molecule has 2 rings (SSSR count). The Labute approximate surface area is 96.8 Å². The van der Waals surface area contributed by atoms with E-state index in [1.165, 1.54) is 0 Å².